The zero-order valence-electron chi connectivity index (χ0n) is 13.0. The van der Waals surface area contributed by atoms with Gasteiger partial charge >= 0.3 is 0 Å². The maximum atomic E-state index is 13.3. The van der Waals surface area contributed by atoms with Gasteiger partial charge in [-0.1, -0.05) is 17.8 Å². The molecule has 0 bridgehead atoms. The Kier molecular flexibility index (Phi) is 5.19. The van der Waals surface area contributed by atoms with Crippen molar-refractivity contribution < 1.29 is 13.6 Å². The number of rotatable bonds is 5. The van der Waals surface area contributed by atoms with Gasteiger partial charge in [0.25, 0.3) is 0 Å². The molecule has 0 aliphatic carbocycles. The van der Waals surface area contributed by atoms with Gasteiger partial charge in [-0.2, -0.15) is 0 Å². The minimum atomic E-state index is -0.931. The summed E-state index contributed by atoms with van der Waals surface area (Å²) >= 11 is 1.21. The second-order valence-electron chi connectivity index (χ2n) is 5.04. The lowest BCUT2D eigenvalue weighted by Gasteiger charge is -2.25. The normalized spacial score (nSPS) is 12.2. The molecule has 0 saturated heterocycles. The molecule has 23 heavy (non-hydrogen) atoms. The third kappa shape index (κ3) is 3.79. The molecule has 124 valence electrons. The average Bonchev–Trinajstić information content (AvgIpc) is 2.85. The van der Waals surface area contributed by atoms with E-state index in [-0.39, 0.29) is 23.7 Å². The second-order valence-corrected chi connectivity index (χ2v) is 5.99. The quantitative estimate of drug-likeness (QED) is 0.842. The molecule has 0 fully saturated rings. The van der Waals surface area contributed by atoms with Crippen LogP contribution in [0.1, 0.15) is 18.5 Å². The lowest BCUT2D eigenvalue weighted by atomic mass is 10.1. The lowest BCUT2D eigenvalue weighted by molar-refractivity contribution is -0.128. The first-order chi connectivity index (χ1) is 10.8. The minimum absolute atomic E-state index is 0.135. The van der Waals surface area contributed by atoms with E-state index in [0.29, 0.717) is 10.7 Å². The van der Waals surface area contributed by atoms with Crippen LogP contribution in [-0.4, -0.2) is 38.4 Å². The van der Waals surface area contributed by atoms with E-state index in [1.807, 2.05) is 0 Å². The predicted molar refractivity (Wildman–Crippen MR) is 83.7 cm³/mol. The first-order valence-electron chi connectivity index (χ1n) is 6.79. The summed E-state index contributed by atoms with van der Waals surface area (Å²) in [5.41, 5.74) is 6.09. The largest absolute Gasteiger partial charge is 0.368 e. The van der Waals surface area contributed by atoms with Crippen molar-refractivity contribution in [2.24, 2.45) is 7.05 Å². The molecule has 1 heterocycles. The van der Waals surface area contributed by atoms with Gasteiger partial charge in [-0.25, -0.2) is 8.78 Å². The Morgan fingerprint density at radius 2 is 2.09 bits per heavy atom. The highest BCUT2D eigenvalue weighted by Crippen LogP contribution is 2.23. The molecular weight excluding hydrogens is 324 g/mol. The van der Waals surface area contributed by atoms with Crippen molar-refractivity contribution in [3.63, 3.8) is 0 Å². The molecule has 9 heteroatoms. The van der Waals surface area contributed by atoms with Gasteiger partial charge in [0.15, 0.2) is 16.8 Å². The Labute approximate surface area is 136 Å². The number of nitrogen functional groups attached to an aromatic ring is 1. The molecule has 2 rings (SSSR count). The number of nitrogens with two attached hydrogens (primary N) is 1. The monoisotopic (exact) mass is 341 g/mol. The van der Waals surface area contributed by atoms with Crippen molar-refractivity contribution >= 4 is 23.6 Å². The average molecular weight is 341 g/mol. The van der Waals surface area contributed by atoms with Crippen molar-refractivity contribution in [2.45, 2.75) is 18.1 Å². The molecule has 0 unspecified atom stereocenters. The van der Waals surface area contributed by atoms with Gasteiger partial charge in [-0.05, 0) is 24.6 Å². The van der Waals surface area contributed by atoms with Crippen molar-refractivity contribution in [3.8, 4) is 0 Å². The third-order valence-electron chi connectivity index (χ3n) is 3.59. The SMILES string of the molecule is C[C@@H](c1ccc(F)c(F)c1)N(C)C(=O)CSc1nnc(N)n1C. The molecule has 1 amide bonds. The number of hydrogen-bond acceptors (Lipinski definition) is 5. The number of anilines is 1. The van der Waals surface area contributed by atoms with E-state index in [1.54, 1.807) is 25.6 Å². The molecule has 1 aromatic carbocycles. The summed E-state index contributed by atoms with van der Waals surface area (Å²) in [5, 5.41) is 8.10. The molecule has 6 nitrogen and oxygen atoms in total. The number of nitrogens with zero attached hydrogens (tertiary/aromatic N) is 4. The van der Waals surface area contributed by atoms with Crippen molar-refractivity contribution in [2.75, 3.05) is 18.5 Å². The molecule has 2 N–H and O–H groups in total. The van der Waals surface area contributed by atoms with Crippen molar-refractivity contribution in [1.29, 1.82) is 0 Å². The fraction of sp³-hybridized carbons (Fsp3) is 0.357. The van der Waals surface area contributed by atoms with E-state index in [4.69, 9.17) is 5.73 Å². The molecule has 1 atom stereocenters. The van der Waals surface area contributed by atoms with Crippen LogP contribution in [0.3, 0.4) is 0 Å². The summed E-state index contributed by atoms with van der Waals surface area (Å²) in [4.78, 5) is 13.7. The Balaban J connectivity index is 2.00. The van der Waals surface area contributed by atoms with E-state index in [1.165, 1.54) is 22.7 Å². The molecule has 0 aliphatic rings. The zero-order chi connectivity index (χ0) is 17.1. The van der Waals surface area contributed by atoms with Gasteiger partial charge in [-0.3, -0.25) is 9.36 Å². The number of aromatic nitrogens is 3. The van der Waals surface area contributed by atoms with Crippen LogP contribution < -0.4 is 5.73 Å². The van der Waals surface area contributed by atoms with Crippen LogP contribution in [0, 0.1) is 11.6 Å². The smallest absolute Gasteiger partial charge is 0.233 e. The molecule has 0 saturated carbocycles. The number of halogens is 2. The Morgan fingerprint density at radius 3 is 2.65 bits per heavy atom. The summed E-state index contributed by atoms with van der Waals surface area (Å²) in [7, 11) is 3.32. The zero-order valence-corrected chi connectivity index (χ0v) is 13.8. The number of carbonyl (C=O) groups excluding carboxylic acids is 1. The van der Waals surface area contributed by atoms with Crippen LogP contribution in [0.2, 0.25) is 0 Å². The predicted octanol–water partition coefficient (Wildman–Crippen LogP) is 1.99. The van der Waals surface area contributed by atoms with Crippen molar-refractivity contribution in [3.05, 3.63) is 35.4 Å². The van der Waals surface area contributed by atoms with Gasteiger partial charge in [0, 0.05) is 14.1 Å². The molecule has 0 spiro atoms. The number of hydrogen-bond donors (Lipinski definition) is 1. The van der Waals surface area contributed by atoms with Crippen molar-refractivity contribution in [1.82, 2.24) is 19.7 Å². The Bertz CT molecular complexity index is 721. The highest BCUT2D eigenvalue weighted by atomic mass is 32.2. The molecule has 2 aromatic rings. The number of carbonyl (C=O) groups is 1. The summed E-state index contributed by atoms with van der Waals surface area (Å²) in [6.45, 7) is 1.75. The molecule has 0 aliphatic heterocycles. The van der Waals surface area contributed by atoms with Crippen LogP contribution >= 0.6 is 11.8 Å². The Hall–Kier alpha value is -2.16. The standard InChI is InChI=1S/C14H17F2N5OS/c1-8(9-4-5-10(15)11(16)6-9)20(2)12(22)7-23-14-19-18-13(17)21(14)3/h4-6,8H,7H2,1-3H3,(H2,17,18)/t8-/m0/s1. The highest BCUT2D eigenvalue weighted by molar-refractivity contribution is 7.99. The van der Waals surface area contributed by atoms with E-state index in [2.05, 4.69) is 10.2 Å². The highest BCUT2D eigenvalue weighted by Gasteiger charge is 2.19. The van der Waals surface area contributed by atoms with Gasteiger partial charge in [-0.15, -0.1) is 10.2 Å². The van der Waals surface area contributed by atoms with Gasteiger partial charge in [0.2, 0.25) is 11.9 Å². The second kappa shape index (κ2) is 6.95. The number of amides is 1. The summed E-state index contributed by atoms with van der Waals surface area (Å²) in [6.07, 6.45) is 0. The summed E-state index contributed by atoms with van der Waals surface area (Å²) in [6, 6.07) is 3.23. The van der Waals surface area contributed by atoms with E-state index < -0.39 is 11.6 Å². The van der Waals surface area contributed by atoms with E-state index >= 15 is 0 Å². The fourth-order valence-corrected chi connectivity index (χ4v) is 2.73. The fourth-order valence-electron chi connectivity index (χ4n) is 1.89. The molecular formula is C14H17F2N5OS. The van der Waals surface area contributed by atoms with Gasteiger partial charge in [0.1, 0.15) is 0 Å². The van der Waals surface area contributed by atoms with Crippen LogP contribution in [-0.2, 0) is 11.8 Å². The Morgan fingerprint density at radius 1 is 1.39 bits per heavy atom. The van der Waals surface area contributed by atoms with Crippen LogP contribution in [0.25, 0.3) is 0 Å². The summed E-state index contributed by atoms with van der Waals surface area (Å²) < 4.78 is 27.9. The van der Waals surface area contributed by atoms with E-state index in [9.17, 15) is 13.6 Å². The third-order valence-corrected chi connectivity index (χ3v) is 4.60. The van der Waals surface area contributed by atoms with Crippen LogP contribution in [0.15, 0.2) is 23.4 Å². The number of benzene rings is 1. The molecule has 0 radical (unpaired) electrons. The summed E-state index contributed by atoms with van der Waals surface area (Å²) in [5.74, 6) is -1.61. The van der Waals surface area contributed by atoms with Gasteiger partial charge in [0.05, 0.1) is 11.8 Å². The van der Waals surface area contributed by atoms with Crippen LogP contribution in [0.5, 0.6) is 0 Å². The number of thioether (sulfide) groups is 1. The minimum Gasteiger partial charge on any atom is -0.368 e. The van der Waals surface area contributed by atoms with Crippen LogP contribution in [0.4, 0.5) is 14.7 Å². The lowest BCUT2D eigenvalue weighted by Crippen LogP contribution is -2.31. The topological polar surface area (TPSA) is 77.0 Å². The maximum Gasteiger partial charge on any atom is 0.233 e. The van der Waals surface area contributed by atoms with E-state index in [0.717, 1.165) is 12.1 Å². The molecule has 1 aromatic heterocycles. The maximum absolute atomic E-state index is 13.3. The first-order valence-corrected chi connectivity index (χ1v) is 7.78. The first kappa shape index (κ1) is 17.2. The van der Waals surface area contributed by atoms with Gasteiger partial charge < -0.3 is 10.6 Å².